The van der Waals surface area contributed by atoms with Crippen molar-refractivity contribution in [2.75, 3.05) is 23.7 Å². The van der Waals surface area contributed by atoms with E-state index in [4.69, 9.17) is 0 Å². The van der Waals surface area contributed by atoms with Gasteiger partial charge in [0.15, 0.2) is 0 Å². The summed E-state index contributed by atoms with van der Waals surface area (Å²) in [5, 5.41) is 1.11. The predicted octanol–water partition coefficient (Wildman–Crippen LogP) is 3.22. The van der Waals surface area contributed by atoms with E-state index in [-0.39, 0.29) is 0 Å². The van der Waals surface area contributed by atoms with Gasteiger partial charge in [0, 0.05) is 24.9 Å². The molecular weight excluding hydrogens is 230 g/mol. The summed E-state index contributed by atoms with van der Waals surface area (Å²) in [6.07, 6.45) is 5.64. The van der Waals surface area contributed by atoms with Gasteiger partial charge in [-0.15, -0.1) is 11.8 Å². The number of hydrogen-bond donors (Lipinski definition) is 0. The van der Waals surface area contributed by atoms with Crippen LogP contribution in [-0.2, 0) is 0 Å². The summed E-state index contributed by atoms with van der Waals surface area (Å²) in [4.78, 5) is 11.1. The van der Waals surface area contributed by atoms with E-state index in [1.807, 2.05) is 11.8 Å². The highest BCUT2D eigenvalue weighted by atomic mass is 32.2. The third kappa shape index (κ3) is 3.87. The molecule has 0 aliphatic carbocycles. The maximum atomic E-state index is 4.39. The molecule has 1 aromatic rings. The Morgan fingerprint density at radius 3 is 2.71 bits per heavy atom. The van der Waals surface area contributed by atoms with Crippen LogP contribution in [0.4, 0.5) is 5.82 Å². The van der Waals surface area contributed by atoms with Crippen molar-refractivity contribution in [3.8, 4) is 0 Å². The van der Waals surface area contributed by atoms with Crippen LogP contribution in [-0.4, -0.2) is 28.8 Å². The molecule has 17 heavy (non-hydrogen) atoms. The van der Waals surface area contributed by atoms with Crippen LogP contribution in [0.3, 0.4) is 0 Å². The lowest BCUT2D eigenvalue weighted by molar-refractivity contribution is 0.572. The predicted molar refractivity (Wildman–Crippen MR) is 73.7 cm³/mol. The molecule has 94 valence electrons. The molecule has 2 heterocycles. The Labute approximate surface area is 108 Å². The molecule has 2 rings (SSSR count). The first-order valence-electron chi connectivity index (χ1n) is 6.45. The Morgan fingerprint density at radius 1 is 1.24 bits per heavy atom. The second-order valence-electron chi connectivity index (χ2n) is 4.97. The Morgan fingerprint density at radius 2 is 2.00 bits per heavy atom. The van der Waals surface area contributed by atoms with E-state index in [2.05, 4.69) is 34.8 Å². The highest BCUT2D eigenvalue weighted by molar-refractivity contribution is 7.99. The lowest BCUT2D eigenvalue weighted by Crippen LogP contribution is -2.30. The molecule has 1 aromatic heterocycles. The fraction of sp³-hybridized carbons (Fsp3) is 0.692. The minimum atomic E-state index is 0.702. The molecule has 0 N–H and O–H groups in total. The van der Waals surface area contributed by atoms with E-state index in [9.17, 15) is 0 Å². The molecule has 4 heteroatoms. The molecule has 0 radical (unpaired) electrons. The van der Waals surface area contributed by atoms with Crippen LogP contribution in [0, 0.1) is 5.92 Å². The highest BCUT2D eigenvalue weighted by Gasteiger charge is 2.12. The quantitative estimate of drug-likeness (QED) is 0.607. The second-order valence-corrected chi connectivity index (χ2v) is 6.01. The molecule has 1 saturated heterocycles. The molecule has 0 aromatic carbocycles. The first-order valence-corrected chi connectivity index (χ1v) is 7.44. The van der Waals surface area contributed by atoms with E-state index in [1.165, 1.54) is 19.3 Å². The summed E-state index contributed by atoms with van der Waals surface area (Å²) in [6, 6.07) is 2.14. The summed E-state index contributed by atoms with van der Waals surface area (Å²) in [5.41, 5.74) is 0. The molecule has 1 aliphatic rings. The lowest BCUT2D eigenvalue weighted by Gasteiger charge is -2.27. The van der Waals surface area contributed by atoms with E-state index >= 15 is 0 Å². The minimum absolute atomic E-state index is 0.702. The average Bonchev–Trinajstić information content (AvgIpc) is 2.38. The fourth-order valence-electron chi connectivity index (χ4n) is 1.96. The maximum absolute atomic E-state index is 4.39. The van der Waals surface area contributed by atoms with Gasteiger partial charge in [-0.2, -0.15) is 0 Å². The Kier molecular flexibility index (Phi) is 4.66. The third-order valence-electron chi connectivity index (χ3n) is 2.87. The van der Waals surface area contributed by atoms with Crippen molar-refractivity contribution in [2.45, 2.75) is 38.1 Å². The lowest BCUT2D eigenvalue weighted by atomic mass is 10.1. The molecule has 1 aliphatic heterocycles. The van der Waals surface area contributed by atoms with E-state index in [0.717, 1.165) is 29.7 Å². The van der Waals surface area contributed by atoms with Crippen molar-refractivity contribution in [3.05, 3.63) is 12.4 Å². The number of rotatable bonds is 4. The van der Waals surface area contributed by atoms with Gasteiger partial charge in [0.05, 0.1) is 0 Å². The van der Waals surface area contributed by atoms with Crippen molar-refractivity contribution < 1.29 is 0 Å². The van der Waals surface area contributed by atoms with Crippen LogP contribution in [0.2, 0.25) is 0 Å². The van der Waals surface area contributed by atoms with Gasteiger partial charge in [0.2, 0.25) is 0 Å². The Balaban J connectivity index is 2.00. The summed E-state index contributed by atoms with van der Waals surface area (Å²) in [6.45, 7) is 6.76. The number of hydrogen-bond acceptors (Lipinski definition) is 4. The van der Waals surface area contributed by atoms with Gasteiger partial charge < -0.3 is 4.90 Å². The zero-order chi connectivity index (χ0) is 12.1. The standard InChI is InChI=1S/C13H21N3S/c1-11(2)9-17-13-8-12(14-10-15-13)16-6-4-3-5-7-16/h8,10-11H,3-7,9H2,1-2H3. The fourth-order valence-corrected chi connectivity index (χ4v) is 2.77. The van der Waals surface area contributed by atoms with E-state index < -0.39 is 0 Å². The first kappa shape index (κ1) is 12.7. The van der Waals surface area contributed by atoms with Crippen LogP contribution < -0.4 is 4.90 Å². The molecule has 0 bridgehead atoms. The molecule has 0 spiro atoms. The van der Waals surface area contributed by atoms with Crippen LogP contribution in [0.5, 0.6) is 0 Å². The second kappa shape index (κ2) is 6.24. The van der Waals surface area contributed by atoms with Crippen LogP contribution in [0.25, 0.3) is 0 Å². The van der Waals surface area contributed by atoms with Crippen LogP contribution in [0.15, 0.2) is 17.4 Å². The van der Waals surface area contributed by atoms with E-state index in [0.29, 0.717) is 5.92 Å². The summed E-state index contributed by atoms with van der Waals surface area (Å²) >= 11 is 1.83. The van der Waals surface area contributed by atoms with Gasteiger partial charge in [-0.05, 0) is 25.2 Å². The van der Waals surface area contributed by atoms with Crippen molar-refractivity contribution >= 4 is 17.6 Å². The van der Waals surface area contributed by atoms with Crippen molar-refractivity contribution in [3.63, 3.8) is 0 Å². The molecule has 0 saturated carbocycles. The van der Waals surface area contributed by atoms with Crippen LogP contribution >= 0.6 is 11.8 Å². The Bertz CT molecular complexity index is 348. The summed E-state index contributed by atoms with van der Waals surface area (Å²) in [5.74, 6) is 2.93. The topological polar surface area (TPSA) is 29.0 Å². The van der Waals surface area contributed by atoms with E-state index in [1.54, 1.807) is 6.33 Å². The van der Waals surface area contributed by atoms with Gasteiger partial charge in [-0.25, -0.2) is 9.97 Å². The van der Waals surface area contributed by atoms with Crippen molar-refractivity contribution in [2.24, 2.45) is 5.92 Å². The molecular formula is C13H21N3S. The zero-order valence-corrected chi connectivity index (χ0v) is 11.5. The molecule has 3 nitrogen and oxygen atoms in total. The van der Waals surface area contributed by atoms with Gasteiger partial charge in [0.1, 0.15) is 17.2 Å². The zero-order valence-electron chi connectivity index (χ0n) is 10.7. The molecule has 1 fully saturated rings. The maximum Gasteiger partial charge on any atom is 0.133 e. The highest BCUT2D eigenvalue weighted by Crippen LogP contribution is 2.23. The summed E-state index contributed by atoms with van der Waals surface area (Å²) < 4.78 is 0. The monoisotopic (exact) mass is 251 g/mol. The SMILES string of the molecule is CC(C)CSc1cc(N2CCCCC2)ncn1. The molecule has 0 atom stereocenters. The normalized spacial score (nSPS) is 16.5. The van der Waals surface area contributed by atoms with Gasteiger partial charge in [0.25, 0.3) is 0 Å². The number of nitrogens with zero attached hydrogens (tertiary/aromatic N) is 3. The number of anilines is 1. The van der Waals surface area contributed by atoms with Crippen molar-refractivity contribution in [1.29, 1.82) is 0 Å². The molecule has 0 unspecified atom stereocenters. The Hall–Kier alpha value is -0.770. The number of aromatic nitrogens is 2. The third-order valence-corrected chi connectivity index (χ3v) is 4.22. The van der Waals surface area contributed by atoms with Crippen molar-refractivity contribution in [1.82, 2.24) is 9.97 Å². The number of thioether (sulfide) groups is 1. The smallest absolute Gasteiger partial charge is 0.133 e. The number of piperidine rings is 1. The van der Waals surface area contributed by atoms with Gasteiger partial charge in [-0.1, -0.05) is 13.8 Å². The molecule has 0 amide bonds. The first-order chi connectivity index (χ1) is 8.25. The largest absolute Gasteiger partial charge is 0.356 e. The van der Waals surface area contributed by atoms with Gasteiger partial charge in [-0.3, -0.25) is 0 Å². The average molecular weight is 251 g/mol. The minimum Gasteiger partial charge on any atom is -0.356 e. The van der Waals surface area contributed by atoms with Gasteiger partial charge >= 0.3 is 0 Å². The summed E-state index contributed by atoms with van der Waals surface area (Å²) in [7, 11) is 0. The van der Waals surface area contributed by atoms with Crippen LogP contribution in [0.1, 0.15) is 33.1 Å².